The van der Waals surface area contributed by atoms with Gasteiger partial charge in [-0.2, -0.15) is 0 Å². The Balaban J connectivity index is 1.36. The van der Waals surface area contributed by atoms with Gasteiger partial charge in [-0.05, 0) is 17.7 Å². The van der Waals surface area contributed by atoms with E-state index in [1.807, 2.05) is 53.4 Å². The second kappa shape index (κ2) is 9.01. The molecule has 6 heteroatoms. The Labute approximate surface area is 171 Å². The maximum atomic E-state index is 12.5. The van der Waals surface area contributed by atoms with Gasteiger partial charge in [0.05, 0.1) is 12.1 Å². The molecule has 6 nitrogen and oxygen atoms in total. The summed E-state index contributed by atoms with van der Waals surface area (Å²) in [6.07, 6.45) is 0.801. The van der Waals surface area contributed by atoms with E-state index in [0.29, 0.717) is 19.7 Å². The van der Waals surface area contributed by atoms with Gasteiger partial charge in [0.15, 0.2) is 0 Å². The highest BCUT2D eigenvalue weighted by Gasteiger charge is 2.23. The molecule has 1 aliphatic heterocycles. The van der Waals surface area contributed by atoms with Crippen LogP contribution < -0.4 is 4.90 Å². The van der Waals surface area contributed by atoms with Gasteiger partial charge in [-0.1, -0.05) is 49.4 Å². The molecule has 1 fully saturated rings. The molecule has 3 aromatic rings. The van der Waals surface area contributed by atoms with E-state index >= 15 is 0 Å². The molecule has 0 saturated carbocycles. The quantitative estimate of drug-likeness (QED) is 0.647. The summed E-state index contributed by atoms with van der Waals surface area (Å²) in [6.45, 7) is 5.51. The molecule has 0 unspecified atom stereocenters. The van der Waals surface area contributed by atoms with Crippen molar-refractivity contribution >= 4 is 22.6 Å². The van der Waals surface area contributed by atoms with E-state index in [2.05, 4.69) is 22.9 Å². The molecule has 0 N–H and O–H groups in total. The Morgan fingerprint density at radius 3 is 2.45 bits per heavy atom. The third-order valence-electron chi connectivity index (χ3n) is 5.21. The number of piperazine rings is 1. The normalized spacial score (nSPS) is 14.4. The van der Waals surface area contributed by atoms with Crippen molar-refractivity contribution in [2.24, 2.45) is 0 Å². The van der Waals surface area contributed by atoms with Crippen LogP contribution in [0.5, 0.6) is 0 Å². The largest absolute Gasteiger partial charge is 0.367 e. The summed E-state index contributed by atoms with van der Waals surface area (Å²) in [6, 6.07) is 18.0. The lowest BCUT2D eigenvalue weighted by molar-refractivity contribution is -0.136. The van der Waals surface area contributed by atoms with Crippen molar-refractivity contribution in [3.8, 4) is 0 Å². The van der Waals surface area contributed by atoms with Crippen LogP contribution in [0.15, 0.2) is 54.6 Å². The summed E-state index contributed by atoms with van der Waals surface area (Å²) >= 11 is 0. The molecule has 150 valence electrons. The maximum absolute atomic E-state index is 12.5. The van der Waals surface area contributed by atoms with Crippen molar-refractivity contribution in [3.63, 3.8) is 0 Å². The van der Waals surface area contributed by atoms with Crippen molar-refractivity contribution in [1.29, 1.82) is 0 Å². The van der Waals surface area contributed by atoms with Crippen LogP contribution in [0.25, 0.3) is 10.9 Å². The number of fused-ring (bicyclic) bond motifs is 1. The van der Waals surface area contributed by atoms with Crippen LogP contribution in [0, 0.1) is 0 Å². The van der Waals surface area contributed by atoms with Crippen LogP contribution in [-0.2, 0) is 22.6 Å². The summed E-state index contributed by atoms with van der Waals surface area (Å²) in [4.78, 5) is 26.1. The zero-order valence-electron chi connectivity index (χ0n) is 16.8. The number of hydrogen-bond acceptors (Lipinski definition) is 5. The fourth-order valence-corrected chi connectivity index (χ4v) is 3.60. The van der Waals surface area contributed by atoms with Gasteiger partial charge in [-0.15, -0.1) is 0 Å². The van der Waals surface area contributed by atoms with Gasteiger partial charge in [0, 0.05) is 38.0 Å². The van der Waals surface area contributed by atoms with Crippen LogP contribution in [0.3, 0.4) is 0 Å². The molecule has 0 aliphatic carbocycles. The third-order valence-corrected chi connectivity index (χ3v) is 5.21. The molecule has 1 saturated heterocycles. The second-order valence-electron chi connectivity index (χ2n) is 7.18. The van der Waals surface area contributed by atoms with Crippen LogP contribution in [0.2, 0.25) is 0 Å². The fourth-order valence-electron chi connectivity index (χ4n) is 3.60. The number of aryl methyl sites for hydroxylation is 1. The Bertz CT molecular complexity index is 969. The first-order valence-corrected chi connectivity index (χ1v) is 10.1. The van der Waals surface area contributed by atoms with Crippen molar-refractivity contribution in [2.75, 3.05) is 37.7 Å². The first kappa shape index (κ1) is 19.3. The maximum Gasteiger partial charge on any atom is 0.248 e. The summed E-state index contributed by atoms with van der Waals surface area (Å²) in [7, 11) is 0. The highest BCUT2D eigenvalue weighted by Crippen LogP contribution is 2.25. The number of anilines is 1. The van der Waals surface area contributed by atoms with E-state index in [1.54, 1.807) is 0 Å². The molecule has 0 radical (unpaired) electrons. The number of rotatable bonds is 6. The summed E-state index contributed by atoms with van der Waals surface area (Å²) < 4.78 is 5.61. The minimum Gasteiger partial charge on any atom is -0.367 e. The number of benzene rings is 2. The number of aromatic nitrogens is 2. The Morgan fingerprint density at radius 1 is 0.966 bits per heavy atom. The van der Waals surface area contributed by atoms with Crippen LogP contribution in [-0.4, -0.2) is 53.6 Å². The molecule has 2 heterocycles. The number of carbonyl (C=O) groups is 1. The highest BCUT2D eigenvalue weighted by atomic mass is 16.5. The van der Waals surface area contributed by atoms with E-state index in [4.69, 9.17) is 9.72 Å². The summed E-state index contributed by atoms with van der Waals surface area (Å²) in [5.41, 5.74) is 2.05. The SMILES string of the molecule is CCc1nc(N2CCN(C(=O)COCc3ccccc3)CC2)c2ccccc2n1. The predicted octanol–water partition coefficient (Wildman–Crippen LogP) is 3.06. The molecule has 0 atom stereocenters. The van der Waals surface area contributed by atoms with Gasteiger partial charge in [0.1, 0.15) is 18.2 Å². The smallest absolute Gasteiger partial charge is 0.248 e. The molecule has 1 aliphatic rings. The summed E-state index contributed by atoms with van der Waals surface area (Å²) in [5, 5.41) is 1.07. The van der Waals surface area contributed by atoms with E-state index in [1.165, 1.54) is 0 Å². The van der Waals surface area contributed by atoms with Gasteiger partial charge < -0.3 is 14.5 Å². The molecule has 1 aromatic heterocycles. The zero-order chi connectivity index (χ0) is 20.1. The topological polar surface area (TPSA) is 58.6 Å². The Kier molecular flexibility index (Phi) is 6.00. The molecule has 4 rings (SSSR count). The number of amides is 1. The average Bonchev–Trinajstić information content (AvgIpc) is 2.79. The highest BCUT2D eigenvalue weighted by molar-refractivity contribution is 5.89. The van der Waals surface area contributed by atoms with Crippen LogP contribution >= 0.6 is 0 Å². The van der Waals surface area contributed by atoms with Crippen LogP contribution in [0.1, 0.15) is 18.3 Å². The van der Waals surface area contributed by atoms with Crippen molar-refractivity contribution in [3.05, 3.63) is 66.0 Å². The molecule has 0 bridgehead atoms. The number of carbonyl (C=O) groups excluding carboxylic acids is 1. The minimum atomic E-state index is 0.0439. The lowest BCUT2D eigenvalue weighted by atomic mass is 10.2. The average molecular weight is 390 g/mol. The number of ether oxygens (including phenoxy) is 1. The number of para-hydroxylation sites is 1. The van der Waals surface area contributed by atoms with Gasteiger partial charge >= 0.3 is 0 Å². The number of hydrogen-bond donors (Lipinski definition) is 0. The first-order chi connectivity index (χ1) is 14.2. The van der Waals surface area contributed by atoms with E-state index in [0.717, 1.165) is 47.6 Å². The monoisotopic (exact) mass is 390 g/mol. The first-order valence-electron chi connectivity index (χ1n) is 10.1. The zero-order valence-corrected chi connectivity index (χ0v) is 16.8. The van der Waals surface area contributed by atoms with Gasteiger partial charge in [0.25, 0.3) is 0 Å². The van der Waals surface area contributed by atoms with Gasteiger partial charge in [-0.25, -0.2) is 9.97 Å². The molecule has 1 amide bonds. The standard InChI is InChI=1S/C23H26N4O2/c1-2-21-24-20-11-7-6-10-19(20)23(25-21)27-14-12-26(13-15-27)22(28)17-29-16-18-8-4-3-5-9-18/h3-11H,2,12-17H2,1H3. The van der Waals surface area contributed by atoms with Crippen molar-refractivity contribution in [2.45, 2.75) is 20.0 Å². The predicted molar refractivity (Wildman–Crippen MR) is 114 cm³/mol. The third kappa shape index (κ3) is 4.54. The van der Waals surface area contributed by atoms with Crippen LogP contribution in [0.4, 0.5) is 5.82 Å². The van der Waals surface area contributed by atoms with Gasteiger partial charge in [0.2, 0.25) is 5.91 Å². The van der Waals surface area contributed by atoms with Crippen molar-refractivity contribution in [1.82, 2.24) is 14.9 Å². The lowest BCUT2D eigenvalue weighted by Crippen LogP contribution is -2.50. The molecular formula is C23H26N4O2. The Morgan fingerprint density at radius 2 is 1.69 bits per heavy atom. The fraction of sp³-hybridized carbons (Fsp3) is 0.348. The minimum absolute atomic E-state index is 0.0439. The van der Waals surface area contributed by atoms with E-state index < -0.39 is 0 Å². The lowest BCUT2D eigenvalue weighted by Gasteiger charge is -2.36. The summed E-state index contributed by atoms with van der Waals surface area (Å²) in [5.74, 6) is 1.87. The molecule has 2 aromatic carbocycles. The second-order valence-corrected chi connectivity index (χ2v) is 7.18. The van der Waals surface area contributed by atoms with Gasteiger partial charge in [-0.3, -0.25) is 4.79 Å². The van der Waals surface area contributed by atoms with E-state index in [-0.39, 0.29) is 12.5 Å². The molecule has 29 heavy (non-hydrogen) atoms. The molecular weight excluding hydrogens is 364 g/mol. The van der Waals surface area contributed by atoms with E-state index in [9.17, 15) is 4.79 Å². The molecule has 0 spiro atoms. The Hall–Kier alpha value is -2.99. The number of nitrogens with zero attached hydrogens (tertiary/aromatic N) is 4. The van der Waals surface area contributed by atoms with Crippen molar-refractivity contribution < 1.29 is 9.53 Å².